The molecule has 0 saturated carbocycles. The van der Waals surface area contributed by atoms with Gasteiger partial charge in [0.1, 0.15) is 17.9 Å². The Morgan fingerprint density at radius 2 is 1.84 bits per heavy atom. The van der Waals surface area contributed by atoms with Gasteiger partial charge in [-0.05, 0) is 41.5 Å². The summed E-state index contributed by atoms with van der Waals surface area (Å²) in [7, 11) is 1.47. The number of nitrogens with zero attached hydrogens (tertiary/aromatic N) is 2. The summed E-state index contributed by atoms with van der Waals surface area (Å²) in [6.07, 6.45) is -0.461. The molecule has 188 valence electrons. The van der Waals surface area contributed by atoms with Crippen LogP contribution < -0.4 is 10.9 Å². The largest absolute Gasteiger partial charge is 0.447 e. The number of nitrogens with one attached hydrogen (secondary N) is 3. The van der Waals surface area contributed by atoms with E-state index in [9.17, 15) is 18.4 Å². The van der Waals surface area contributed by atoms with Gasteiger partial charge < -0.3 is 14.5 Å². The number of rotatable bonds is 7. The van der Waals surface area contributed by atoms with Gasteiger partial charge in [0.15, 0.2) is 5.82 Å². The average Bonchev–Trinajstić information content (AvgIpc) is 3.30. The molecular weight excluding hydrogens is 484 g/mol. The number of benzene rings is 3. The normalized spacial score (nSPS) is 11.2. The van der Waals surface area contributed by atoms with Gasteiger partial charge in [-0.1, -0.05) is 24.3 Å². The first-order valence-electron chi connectivity index (χ1n) is 11.3. The number of H-pyrrole nitrogens is 2. The lowest BCUT2D eigenvalue weighted by molar-refractivity contribution is 0.107. The van der Waals surface area contributed by atoms with E-state index in [0.29, 0.717) is 28.5 Å². The zero-order valence-corrected chi connectivity index (χ0v) is 19.6. The van der Waals surface area contributed by atoms with Crippen molar-refractivity contribution in [2.24, 2.45) is 0 Å². The zero-order chi connectivity index (χ0) is 25.9. The molecular formula is C26H21F2N5O4. The molecule has 0 atom stereocenters. The van der Waals surface area contributed by atoms with E-state index in [-0.39, 0.29) is 46.9 Å². The van der Waals surface area contributed by atoms with Crippen LogP contribution in [0.25, 0.3) is 32.9 Å². The average molecular weight is 505 g/mol. The summed E-state index contributed by atoms with van der Waals surface area (Å²) >= 11 is 0. The Balaban J connectivity index is 1.45. The molecule has 2 aromatic heterocycles. The highest BCUT2D eigenvalue weighted by molar-refractivity contribution is 5.89. The van der Waals surface area contributed by atoms with Crippen molar-refractivity contribution in [1.29, 1.82) is 0 Å². The van der Waals surface area contributed by atoms with Crippen molar-refractivity contribution in [3.63, 3.8) is 0 Å². The molecule has 1 amide bonds. The van der Waals surface area contributed by atoms with Crippen LogP contribution in [0.4, 0.5) is 19.5 Å². The number of ether oxygens (including phenoxy) is 2. The maximum atomic E-state index is 14.9. The predicted octanol–water partition coefficient (Wildman–Crippen LogP) is 4.53. The van der Waals surface area contributed by atoms with Crippen LogP contribution in [0, 0.1) is 11.6 Å². The highest BCUT2D eigenvalue weighted by Gasteiger charge is 2.16. The summed E-state index contributed by atoms with van der Waals surface area (Å²) < 4.78 is 39.5. The number of aromatic amines is 2. The maximum absolute atomic E-state index is 14.9. The van der Waals surface area contributed by atoms with E-state index >= 15 is 0 Å². The summed E-state index contributed by atoms with van der Waals surface area (Å²) in [5.74, 6) is -1.25. The molecule has 0 fully saturated rings. The highest BCUT2D eigenvalue weighted by atomic mass is 19.1. The summed E-state index contributed by atoms with van der Waals surface area (Å²) in [5, 5.41) is 10.3. The van der Waals surface area contributed by atoms with Crippen LogP contribution in [0.3, 0.4) is 0 Å². The highest BCUT2D eigenvalue weighted by Crippen LogP contribution is 2.30. The predicted molar refractivity (Wildman–Crippen MR) is 133 cm³/mol. The fourth-order valence-corrected chi connectivity index (χ4v) is 4.04. The van der Waals surface area contributed by atoms with Crippen molar-refractivity contribution in [3.8, 4) is 11.1 Å². The molecule has 37 heavy (non-hydrogen) atoms. The number of carbonyl (C=O) groups is 1. The SMILES string of the molecule is COCCOC(=O)Nc1nc2c(F)cc(-c3cc(Cc4n[nH]c(=O)c5ccccc45)ccc3F)cc2[nH]1. The minimum absolute atomic E-state index is 0.0151. The summed E-state index contributed by atoms with van der Waals surface area (Å²) in [6, 6.07) is 14.3. The van der Waals surface area contributed by atoms with Crippen LogP contribution in [-0.4, -0.2) is 46.6 Å². The van der Waals surface area contributed by atoms with Gasteiger partial charge >= 0.3 is 6.09 Å². The van der Waals surface area contributed by atoms with Crippen LogP contribution in [0.5, 0.6) is 0 Å². The minimum Gasteiger partial charge on any atom is -0.447 e. The van der Waals surface area contributed by atoms with E-state index in [1.165, 1.54) is 19.2 Å². The van der Waals surface area contributed by atoms with Gasteiger partial charge in [0.25, 0.3) is 5.56 Å². The van der Waals surface area contributed by atoms with Gasteiger partial charge in [-0.15, -0.1) is 0 Å². The first-order chi connectivity index (χ1) is 17.9. The third kappa shape index (κ3) is 5.02. The number of imidazole rings is 1. The second-order valence-corrected chi connectivity index (χ2v) is 8.23. The van der Waals surface area contributed by atoms with E-state index in [0.717, 1.165) is 0 Å². The third-order valence-corrected chi connectivity index (χ3v) is 5.77. The van der Waals surface area contributed by atoms with Gasteiger partial charge in [-0.2, -0.15) is 5.10 Å². The summed E-state index contributed by atoms with van der Waals surface area (Å²) in [4.78, 5) is 30.8. The Morgan fingerprint density at radius 1 is 1.03 bits per heavy atom. The fraction of sp³-hybridized carbons (Fsp3) is 0.154. The van der Waals surface area contributed by atoms with Gasteiger partial charge in [0.2, 0.25) is 5.95 Å². The molecule has 3 aromatic carbocycles. The standard InChI is InChI=1S/C26H21F2N5O4/c1-36-8-9-37-26(35)31-25-29-22-13-15(12-20(28)23(22)30-25)18-10-14(6-7-19(18)27)11-21-16-4-2-3-5-17(16)24(34)33-32-21/h2-7,10,12-13H,8-9,11H2,1H3,(H,33,34)(H2,29,30,31,35). The monoisotopic (exact) mass is 505 g/mol. The molecule has 0 unspecified atom stereocenters. The number of hydrogen-bond donors (Lipinski definition) is 3. The van der Waals surface area contributed by atoms with Crippen LogP contribution in [0.1, 0.15) is 11.3 Å². The number of carbonyl (C=O) groups excluding carboxylic acids is 1. The molecule has 3 N–H and O–H groups in total. The Labute approximate surface area is 208 Å². The fourth-order valence-electron chi connectivity index (χ4n) is 4.04. The number of halogens is 2. The Bertz CT molecular complexity index is 1680. The number of hydrogen-bond acceptors (Lipinski definition) is 6. The van der Waals surface area contributed by atoms with Crippen molar-refractivity contribution in [2.45, 2.75) is 6.42 Å². The van der Waals surface area contributed by atoms with Crippen molar-refractivity contribution in [1.82, 2.24) is 20.2 Å². The number of fused-ring (bicyclic) bond motifs is 2. The maximum Gasteiger partial charge on any atom is 0.414 e. The van der Waals surface area contributed by atoms with Gasteiger partial charge in [-0.25, -0.2) is 23.7 Å². The molecule has 0 saturated heterocycles. The summed E-state index contributed by atoms with van der Waals surface area (Å²) in [5.41, 5.74) is 1.75. The molecule has 5 rings (SSSR count). The number of amides is 1. The molecule has 0 aliphatic carbocycles. The molecule has 0 aliphatic heterocycles. The first-order valence-corrected chi connectivity index (χ1v) is 11.3. The molecule has 5 aromatic rings. The van der Waals surface area contributed by atoms with Crippen molar-refractivity contribution in [2.75, 3.05) is 25.6 Å². The molecule has 0 aliphatic rings. The lowest BCUT2D eigenvalue weighted by Gasteiger charge is -2.09. The van der Waals surface area contributed by atoms with E-state index < -0.39 is 17.7 Å². The molecule has 0 radical (unpaired) electrons. The lowest BCUT2D eigenvalue weighted by atomic mass is 9.98. The topological polar surface area (TPSA) is 122 Å². The van der Waals surface area contributed by atoms with E-state index in [1.54, 1.807) is 36.4 Å². The number of aromatic nitrogens is 4. The molecule has 0 spiro atoms. The van der Waals surface area contributed by atoms with Crippen molar-refractivity contribution < 1.29 is 23.0 Å². The quantitative estimate of drug-likeness (QED) is 0.280. The van der Waals surface area contributed by atoms with Crippen LogP contribution in [0.2, 0.25) is 0 Å². The van der Waals surface area contributed by atoms with Crippen LogP contribution in [-0.2, 0) is 15.9 Å². The van der Waals surface area contributed by atoms with Gasteiger partial charge in [0, 0.05) is 24.5 Å². The second-order valence-electron chi connectivity index (χ2n) is 8.23. The Morgan fingerprint density at radius 3 is 2.65 bits per heavy atom. The molecule has 0 bridgehead atoms. The third-order valence-electron chi connectivity index (χ3n) is 5.77. The smallest absolute Gasteiger partial charge is 0.414 e. The summed E-state index contributed by atoms with van der Waals surface area (Å²) in [6.45, 7) is 0.270. The van der Waals surface area contributed by atoms with Crippen LogP contribution in [0.15, 0.2) is 59.4 Å². The minimum atomic E-state index is -0.779. The zero-order valence-electron chi connectivity index (χ0n) is 19.6. The number of anilines is 1. The Kier molecular flexibility index (Phi) is 6.60. The van der Waals surface area contributed by atoms with E-state index in [2.05, 4.69) is 25.5 Å². The number of methoxy groups -OCH3 is 1. The van der Waals surface area contributed by atoms with Crippen molar-refractivity contribution in [3.05, 3.63) is 87.8 Å². The molecule has 9 nitrogen and oxygen atoms in total. The van der Waals surface area contributed by atoms with Gasteiger partial charge in [0.05, 0.1) is 23.2 Å². The van der Waals surface area contributed by atoms with Gasteiger partial charge in [-0.3, -0.25) is 10.1 Å². The molecule has 11 heteroatoms. The lowest BCUT2D eigenvalue weighted by Crippen LogP contribution is -2.17. The van der Waals surface area contributed by atoms with Crippen molar-refractivity contribution >= 4 is 33.8 Å². The van der Waals surface area contributed by atoms with E-state index in [1.807, 2.05) is 6.07 Å². The van der Waals surface area contributed by atoms with Crippen LogP contribution >= 0.6 is 0 Å². The second kappa shape index (κ2) is 10.2. The molecule has 2 heterocycles. The Hall–Kier alpha value is -4.64. The first kappa shape index (κ1) is 24.1. The van der Waals surface area contributed by atoms with E-state index in [4.69, 9.17) is 9.47 Å².